The van der Waals surface area contributed by atoms with Crippen LogP contribution in [0.3, 0.4) is 0 Å². The molecule has 0 spiro atoms. The van der Waals surface area contributed by atoms with Gasteiger partial charge in [0.25, 0.3) is 5.91 Å². The second-order valence-electron chi connectivity index (χ2n) is 6.34. The van der Waals surface area contributed by atoms with Crippen LogP contribution in [-0.4, -0.2) is 85.3 Å². The first-order valence-corrected chi connectivity index (χ1v) is 8.77. The number of aliphatic hydroxyl groups excluding tert-OH is 1. The number of anilines is 1. The molecule has 136 valence electrons. The summed E-state index contributed by atoms with van der Waals surface area (Å²) in [4.78, 5) is 30.8. The van der Waals surface area contributed by atoms with Crippen LogP contribution in [0.4, 0.5) is 5.69 Å². The molecule has 2 aliphatic rings. The Bertz CT molecular complexity index is 587. The summed E-state index contributed by atoms with van der Waals surface area (Å²) < 4.78 is 5.30. The Morgan fingerprint density at radius 1 is 1.04 bits per heavy atom. The molecule has 0 saturated carbocycles. The third-order valence-electron chi connectivity index (χ3n) is 4.77. The van der Waals surface area contributed by atoms with E-state index in [2.05, 4.69) is 9.80 Å². The Hall–Kier alpha value is -1.80. The summed E-state index contributed by atoms with van der Waals surface area (Å²) in [5.41, 5.74) is 0.652. The van der Waals surface area contributed by atoms with Crippen LogP contribution in [0, 0.1) is 0 Å². The highest BCUT2D eigenvalue weighted by Gasteiger charge is 2.43. The molecule has 2 amide bonds. The van der Waals surface area contributed by atoms with Crippen LogP contribution in [0.5, 0.6) is 0 Å². The Morgan fingerprint density at radius 2 is 1.76 bits per heavy atom. The van der Waals surface area contributed by atoms with Gasteiger partial charge in [-0.05, 0) is 12.1 Å². The van der Waals surface area contributed by atoms with Crippen molar-refractivity contribution >= 4 is 17.5 Å². The lowest BCUT2D eigenvalue weighted by molar-refractivity contribution is -0.123. The van der Waals surface area contributed by atoms with Gasteiger partial charge in [0.2, 0.25) is 5.91 Å². The summed E-state index contributed by atoms with van der Waals surface area (Å²) in [7, 11) is 0. The SMILES string of the molecule is O=C1C[C@H](N2CCN(CCOCCO)CC2)C(=O)N1c1ccccc1. The summed E-state index contributed by atoms with van der Waals surface area (Å²) >= 11 is 0. The Balaban J connectivity index is 1.52. The molecule has 1 aromatic carbocycles. The van der Waals surface area contributed by atoms with E-state index in [1.807, 2.05) is 18.2 Å². The van der Waals surface area contributed by atoms with Gasteiger partial charge < -0.3 is 9.84 Å². The number of nitrogens with zero attached hydrogens (tertiary/aromatic N) is 3. The first-order valence-electron chi connectivity index (χ1n) is 8.77. The maximum Gasteiger partial charge on any atom is 0.251 e. The molecule has 2 heterocycles. The van der Waals surface area contributed by atoms with Crippen molar-refractivity contribution in [1.82, 2.24) is 9.80 Å². The van der Waals surface area contributed by atoms with Crippen molar-refractivity contribution in [2.24, 2.45) is 0 Å². The monoisotopic (exact) mass is 347 g/mol. The first-order chi connectivity index (χ1) is 12.2. The molecule has 7 heteroatoms. The lowest BCUT2D eigenvalue weighted by Crippen LogP contribution is -2.53. The van der Waals surface area contributed by atoms with Crippen LogP contribution in [0.1, 0.15) is 6.42 Å². The van der Waals surface area contributed by atoms with E-state index in [9.17, 15) is 9.59 Å². The molecular weight excluding hydrogens is 322 g/mol. The predicted octanol–water partition coefficient (Wildman–Crippen LogP) is -0.0550. The van der Waals surface area contributed by atoms with Gasteiger partial charge in [0.1, 0.15) is 0 Å². The van der Waals surface area contributed by atoms with Crippen LogP contribution in [0.2, 0.25) is 0 Å². The largest absolute Gasteiger partial charge is 0.394 e. The normalized spacial score (nSPS) is 22.8. The average molecular weight is 347 g/mol. The summed E-state index contributed by atoms with van der Waals surface area (Å²) in [5.74, 6) is -0.239. The maximum absolute atomic E-state index is 12.7. The highest BCUT2D eigenvalue weighted by atomic mass is 16.5. The van der Waals surface area contributed by atoms with Gasteiger partial charge in [-0.25, -0.2) is 4.90 Å². The van der Waals surface area contributed by atoms with Gasteiger partial charge in [0.15, 0.2) is 0 Å². The predicted molar refractivity (Wildman–Crippen MR) is 93.3 cm³/mol. The molecule has 1 atom stereocenters. The molecule has 3 rings (SSSR count). The maximum atomic E-state index is 12.7. The van der Waals surface area contributed by atoms with Crippen molar-refractivity contribution in [1.29, 1.82) is 0 Å². The number of piperazine rings is 1. The Kier molecular flexibility index (Phi) is 6.14. The molecule has 25 heavy (non-hydrogen) atoms. The van der Waals surface area contributed by atoms with Crippen molar-refractivity contribution in [3.63, 3.8) is 0 Å². The van der Waals surface area contributed by atoms with Crippen LogP contribution >= 0.6 is 0 Å². The van der Waals surface area contributed by atoms with Gasteiger partial charge in [-0.15, -0.1) is 0 Å². The molecule has 2 fully saturated rings. The number of aliphatic hydroxyl groups is 1. The Morgan fingerprint density at radius 3 is 2.44 bits per heavy atom. The van der Waals surface area contributed by atoms with Crippen LogP contribution < -0.4 is 4.90 Å². The molecule has 0 unspecified atom stereocenters. The molecule has 2 aliphatic heterocycles. The fourth-order valence-electron chi connectivity index (χ4n) is 3.41. The second kappa shape index (κ2) is 8.53. The second-order valence-corrected chi connectivity index (χ2v) is 6.34. The van der Waals surface area contributed by atoms with E-state index >= 15 is 0 Å². The first kappa shape index (κ1) is 18.0. The number of benzene rings is 1. The van der Waals surface area contributed by atoms with Gasteiger partial charge in [-0.3, -0.25) is 19.4 Å². The van der Waals surface area contributed by atoms with E-state index in [0.29, 0.717) is 18.9 Å². The number of carbonyl (C=O) groups is 2. The highest BCUT2D eigenvalue weighted by Crippen LogP contribution is 2.26. The van der Waals surface area contributed by atoms with Gasteiger partial charge in [-0.2, -0.15) is 0 Å². The summed E-state index contributed by atoms with van der Waals surface area (Å²) in [6.07, 6.45) is 0.257. The minimum absolute atomic E-state index is 0.0452. The number of ether oxygens (including phenoxy) is 1. The Labute approximate surface area is 147 Å². The fraction of sp³-hybridized carbons (Fsp3) is 0.556. The van der Waals surface area contributed by atoms with Crippen LogP contribution in [0.15, 0.2) is 30.3 Å². The number of hydrogen-bond donors (Lipinski definition) is 1. The number of imide groups is 1. The zero-order chi connectivity index (χ0) is 17.6. The van der Waals surface area contributed by atoms with E-state index in [0.717, 1.165) is 32.7 Å². The van der Waals surface area contributed by atoms with E-state index in [1.54, 1.807) is 12.1 Å². The summed E-state index contributed by atoms with van der Waals surface area (Å²) in [5, 5.41) is 8.70. The number of carbonyl (C=O) groups excluding carboxylic acids is 2. The van der Waals surface area contributed by atoms with Crippen molar-refractivity contribution in [3.05, 3.63) is 30.3 Å². The molecule has 0 aromatic heterocycles. The minimum Gasteiger partial charge on any atom is -0.394 e. The van der Waals surface area contributed by atoms with E-state index in [4.69, 9.17) is 9.84 Å². The standard InChI is InChI=1S/C18H25N3O4/c22-11-13-25-12-10-19-6-8-20(9-7-19)16-14-17(23)21(18(16)24)15-4-2-1-3-5-15/h1-5,16,22H,6-14H2/t16-/m0/s1. The molecule has 1 N–H and O–H groups in total. The topological polar surface area (TPSA) is 73.3 Å². The summed E-state index contributed by atoms with van der Waals surface area (Å²) in [6.45, 7) is 5.08. The van der Waals surface area contributed by atoms with Crippen molar-refractivity contribution in [2.45, 2.75) is 12.5 Å². The third-order valence-corrected chi connectivity index (χ3v) is 4.77. The highest BCUT2D eigenvalue weighted by molar-refractivity contribution is 6.22. The zero-order valence-corrected chi connectivity index (χ0v) is 14.3. The van der Waals surface area contributed by atoms with Crippen molar-refractivity contribution in [2.75, 3.05) is 57.4 Å². The zero-order valence-electron chi connectivity index (χ0n) is 14.3. The number of amides is 2. The summed E-state index contributed by atoms with van der Waals surface area (Å²) in [6, 6.07) is 8.78. The quantitative estimate of drug-likeness (QED) is 0.551. The van der Waals surface area contributed by atoms with E-state index in [1.165, 1.54) is 4.90 Å². The lowest BCUT2D eigenvalue weighted by Gasteiger charge is -2.36. The molecule has 7 nitrogen and oxygen atoms in total. The van der Waals surface area contributed by atoms with Crippen LogP contribution in [0.25, 0.3) is 0 Å². The minimum atomic E-state index is -0.347. The average Bonchev–Trinajstić information content (AvgIpc) is 2.94. The molecule has 0 radical (unpaired) electrons. The molecular formula is C18H25N3O4. The van der Waals surface area contributed by atoms with Gasteiger partial charge in [0, 0.05) is 32.7 Å². The van der Waals surface area contributed by atoms with E-state index < -0.39 is 0 Å². The fourth-order valence-corrected chi connectivity index (χ4v) is 3.41. The molecule has 2 saturated heterocycles. The smallest absolute Gasteiger partial charge is 0.251 e. The lowest BCUT2D eigenvalue weighted by atomic mass is 10.1. The number of hydrogen-bond acceptors (Lipinski definition) is 6. The van der Waals surface area contributed by atoms with Crippen molar-refractivity contribution in [3.8, 4) is 0 Å². The number of para-hydroxylation sites is 1. The molecule has 1 aromatic rings. The van der Waals surface area contributed by atoms with Gasteiger partial charge >= 0.3 is 0 Å². The molecule has 0 bridgehead atoms. The third kappa shape index (κ3) is 4.24. The molecule has 0 aliphatic carbocycles. The van der Waals surface area contributed by atoms with Gasteiger partial charge in [0.05, 0.1) is 38.0 Å². The van der Waals surface area contributed by atoms with E-state index in [-0.39, 0.29) is 30.9 Å². The van der Waals surface area contributed by atoms with Crippen molar-refractivity contribution < 1.29 is 19.4 Å². The van der Waals surface area contributed by atoms with Gasteiger partial charge in [-0.1, -0.05) is 18.2 Å². The van der Waals surface area contributed by atoms with Crippen LogP contribution in [-0.2, 0) is 14.3 Å². The number of rotatable bonds is 7.